The van der Waals surface area contributed by atoms with Gasteiger partial charge < -0.3 is 19.3 Å². The van der Waals surface area contributed by atoms with Crippen LogP contribution in [0.25, 0.3) is 21.7 Å². The van der Waals surface area contributed by atoms with E-state index in [-0.39, 0.29) is 25.0 Å². The van der Waals surface area contributed by atoms with E-state index in [0.717, 1.165) is 33.2 Å². The summed E-state index contributed by atoms with van der Waals surface area (Å²) in [7, 11) is 0. The summed E-state index contributed by atoms with van der Waals surface area (Å²) in [4.78, 5) is 27.1. The fourth-order valence-corrected chi connectivity index (χ4v) is 5.94. The topological polar surface area (TPSA) is 71.8 Å². The van der Waals surface area contributed by atoms with Crippen LogP contribution in [0.4, 0.5) is 9.18 Å². The van der Waals surface area contributed by atoms with Crippen LogP contribution in [0.2, 0.25) is 0 Å². The van der Waals surface area contributed by atoms with Gasteiger partial charge in [-0.15, -0.1) is 0 Å². The van der Waals surface area contributed by atoms with E-state index in [9.17, 15) is 19.1 Å². The third-order valence-electron chi connectivity index (χ3n) is 7.80. The molecule has 1 aliphatic carbocycles. The summed E-state index contributed by atoms with van der Waals surface area (Å²) in [5.41, 5.74) is 4.40. The van der Waals surface area contributed by atoms with Crippen LogP contribution in [-0.2, 0) is 42.1 Å². The molecule has 0 spiro atoms. The molecule has 0 aliphatic heterocycles. The number of halogens is 1. The first-order valence-electron chi connectivity index (χ1n) is 13.4. The van der Waals surface area contributed by atoms with Crippen LogP contribution in [-0.4, -0.2) is 32.7 Å². The van der Waals surface area contributed by atoms with E-state index in [1.165, 1.54) is 12.1 Å². The van der Waals surface area contributed by atoms with Crippen LogP contribution in [0.1, 0.15) is 28.8 Å². The van der Waals surface area contributed by atoms with Crippen molar-refractivity contribution >= 4 is 33.7 Å². The van der Waals surface area contributed by atoms with Crippen LogP contribution in [0.15, 0.2) is 91.0 Å². The smallest absolute Gasteiger partial charge is 0.410 e. The number of fused-ring (bicyclic) bond motifs is 4. The van der Waals surface area contributed by atoms with Crippen molar-refractivity contribution in [3.63, 3.8) is 0 Å². The van der Waals surface area contributed by atoms with Crippen molar-refractivity contribution < 1.29 is 23.8 Å². The number of benzene rings is 4. The van der Waals surface area contributed by atoms with Crippen molar-refractivity contribution in [2.75, 3.05) is 0 Å². The van der Waals surface area contributed by atoms with Gasteiger partial charge in [0.05, 0.1) is 0 Å². The van der Waals surface area contributed by atoms with E-state index in [4.69, 9.17) is 4.74 Å². The van der Waals surface area contributed by atoms with Gasteiger partial charge in [0.25, 0.3) is 0 Å². The summed E-state index contributed by atoms with van der Waals surface area (Å²) in [5.74, 6) is -1.33. The molecule has 0 bridgehead atoms. The van der Waals surface area contributed by atoms with E-state index < -0.39 is 12.1 Å². The zero-order valence-electron chi connectivity index (χ0n) is 21.9. The van der Waals surface area contributed by atoms with Crippen LogP contribution in [0, 0.1) is 5.82 Å². The molecule has 1 atom stereocenters. The summed E-state index contributed by atoms with van der Waals surface area (Å²) in [6, 6.07) is 28.0. The highest BCUT2D eigenvalue weighted by Crippen LogP contribution is 2.35. The Hall–Kier alpha value is -4.65. The largest absolute Gasteiger partial charge is 0.480 e. The number of carboxylic acid groups (broad SMARTS) is 1. The number of hydrogen-bond acceptors (Lipinski definition) is 3. The lowest BCUT2D eigenvalue weighted by atomic mass is 9.90. The van der Waals surface area contributed by atoms with Gasteiger partial charge in [0.1, 0.15) is 19.0 Å². The second-order valence-corrected chi connectivity index (χ2v) is 10.3. The van der Waals surface area contributed by atoms with Crippen molar-refractivity contribution in [2.45, 2.75) is 45.0 Å². The molecule has 5 aromatic rings. The van der Waals surface area contributed by atoms with E-state index >= 15 is 0 Å². The molecule has 1 aromatic heterocycles. The molecular weight excluding hydrogens is 507 g/mol. The van der Waals surface area contributed by atoms with Crippen molar-refractivity contribution in [3.8, 4) is 0 Å². The molecule has 1 heterocycles. The first-order chi connectivity index (χ1) is 19.5. The number of nitrogens with zero attached hydrogens (tertiary/aromatic N) is 2. The lowest BCUT2D eigenvalue weighted by Crippen LogP contribution is -2.43. The summed E-state index contributed by atoms with van der Waals surface area (Å²) in [6.45, 7) is 0.324. The summed E-state index contributed by atoms with van der Waals surface area (Å²) >= 11 is 0. The van der Waals surface area contributed by atoms with E-state index in [2.05, 4.69) is 18.2 Å². The van der Waals surface area contributed by atoms with Gasteiger partial charge in [-0.3, -0.25) is 4.79 Å². The lowest BCUT2D eigenvalue weighted by molar-refractivity contribution is -0.137. The average molecular weight is 537 g/mol. The quantitative estimate of drug-likeness (QED) is 0.251. The van der Waals surface area contributed by atoms with Crippen molar-refractivity contribution in [1.82, 2.24) is 9.47 Å². The first kappa shape index (κ1) is 25.6. The third kappa shape index (κ3) is 5.02. The fourth-order valence-electron chi connectivity index (χ4n) is 5.94. The molecule has 0 unspecified atom stereocenters. The molecule has 0 radical (unpaired) electrons. The zero-order valence-corrected chi connectivity index (χ0v) is 21.9. The molecule has 7 heteroatoms. The third-order valence-corrected chi connectivity index (χ3v) is 7.80. The Morgan fingerprint density at radius 1 is 0.950 bits per heavy atom. The minimum absolute atomic E-state index is 0.160. The predicted molar refractivity (Wildman–Crippen MR) is 151 cm³/mol. The summed E-state index contributed by atoms with van der Waals surface area (Å²) in [5, 5.41) is 12.4. The number of rotatable bonds is 7. The lowest BCUT2D eigenvalue weighted by Gasteiger charge is -2.34. The Bertz CT molecular complexity index is 1710. The van der Waals surface area contributed by atoms with E-state index in [1.807, 2.05) is 54.6 Å². The minimum Gasteiger partial charge on any atom is -0.480 e. The molecule has 6 rings (SSSR count). The van der Waals surface area contributed by atoms with Crippen LogP contribution < -0.4 is 0 Å². The summed E-state index contributed by atoms with van der Waals surface area (Å²) < 4.78 is 21.9. The molecule has 1 aliphatic rings. The Balaban J connectivity index is 1.36. The Kier molecular flexibility index (Phi) is 6.95. The highest BCUT2D eigenvalue weighted by Gasteiger charge is 2.33. The highest BCUT2D eigenvalue weighted by atomic mass is 19.1. The standard InChI is InChI=1S/C33H29FN2O4/c34-25-13-15-30-28(17-25)29-18-26(14-16-31(29)36(30)20-32(37)38)35(33(39)40-21-22-7-2-1-3-8-22)19-24-11-6-10-23-9-4-5-12-27(23)24/h1-13,15,17,26H,14,16,18-21H2,(H,37,38)/t26-/m0/s1. The molecular formula is C33H29FN2O4. The van der Waals surface area contributed by atoms with Crippen LogP contribution in [0.3, 0.4) is 0 Å². The molecule has 202 valence electrons. The van der Waals surface area contributed by atoms with Gasteiger partial charge in [0.2, 0.25) is 0 Å². The molecule has 40 heavy (non-hydrogen) atoms. The SMILES string of the molecule is O=C(O)Cn1c2c(c3cc(F)ccc31)C[C@@H](N(Cc1cccc3ccccc13)C(=O)OCc1ccccc1)CC2. The number of carbonyl (C=O) groups is 2. The maximum atomic E-state index is 14.3. The van der Waals surface area contributed by atoms with Crippen molar-refractivity contribution in [1.29, 1.82) is 0 Å². The van der Waals surface area contributed by atoms with Gasteiger partial charge in [-0.25, -0.2) is 9.18 Å². The van der Waals surface area contributed by atoms with Gasteiger partial charge in [-0.2, -0.15) is 0 Å². The molecule has 1 amide bonds. The molecule has 0 saturated carbocycles. The Labute approximate surface area is 231 Å². The fraction of sp³-hybridized carbons (Fsp3) is 0.212. The Morgan fingerprint density at radius 3 is 2.55 bits per heavy atom. The van der Waals surface area contributed by atoms with Crippen molar-refractivity contribution in [3.05, 3.63) is 119 Å². The number of hydrogen-bond donors (Lipinski definition) is 1. The van der Waals surface area contributed by atoms with Gasteiger partial charge in [0, 0.05) is 29.2 Å². The van der Waals surface area contributed by atoms with E-state index in [1.54, 1.807) is 15.5 Å². The van der Waals surface area contributed by atoms with Gasteiger partial charge >= 0.3 is 12.1 Å². The number of aliphatic carboxylic acids is 1. The number of aromatic nitrogens is 1. The first-order valence-corrected chi connectivity index (χ1v) is 13.4. The maximum absolute atomic E-state index is 14.3. The summed E-state index contributed by atoms with van der Waals surface area (Å²) in [6.07, 6.45) is 1.27. The molecule has 6 nitrogen and oxygen atoms in total. The second kappa shape index (κ2) is 10.8. The van der Waals surface area contributed by atoms with Gasteiger partial charge in [-0.05, 0) is 64.9 Å². The predicted octanol–water partition coefficient (Wildman–Crippen LogP) is 6.71. The zero-order chi connectivity index (χ0) is 27.6. The van der Waals surface area contributed by atoms with Crippen LogP contribution in [0.5, 0.6) is 0 Å². The number of carboxylic acids is 1. The molecule has 4 aromatic carbocycles. The van der Waals surface area contributed by atoms with Crippen LogP contribution >= 0.6 is 0 Å². The molecule has 0 saturated heterocycles. The Morgan fingerprint density at radius 2 is 1.73 bits per heavy atom. The molecule has 1 N–H and O–H groups in total. The average Bonchev–Trinajstić information content (AvgIpc) is 3.26. The van der Waals surface area contributed by atoms with Gasteiger partial charge in [-0.1, -0.05) is 72.8 Å². The normalized spacial score (nSPS) is 14.7. The maximum Gasteiger partial charge on any atom is 0.410 e. The van der Waals surface area contributed by atoms with E-state index in [0.29, 0.717) is 36.7 Å². The number of carbonyl (C=O) groups excluding carboxylic acids is 1. The monoisotopic (exact) mass is 536 g/mol. The number of amides is 1. The second-order valence-electron chi connectivity index (χ2n) is 10.3. The molecule has 0 fully saturated rings. The highest BCUT2D eigenvalue weighted by molar-refractivity contribution is 5.88. The minimum atomic E-state index is -0.951. The van der Waals surface area contributed by atoms with Gasteiger partial charge in [0.15, 0.2) is 0 Å². The number of ether oxygens (including phenoxy) is 1. The van der Waals surface area contributed by atoms with Crippen molar-refractivity contribution in [2.24, 2.45) is 0 Å².